The zero-order valence-electron chi connectivity index (χ0n) is 8.40. The molecule has 134 valence electrons. The minimum absolute atomic E-state index is 0. The van der Waals surface area contributed by atoms with E-state index in [0.29, 0.717) is 0 Å². The average Bonchev–Trinajstić information content (AvgIpc) is 1.62. The molecule has 16 nitrogen and oxygen atoms in total. The third-order valence-corrected chi connectivity index (χ3v) is 0. The first-order valence-electron chi connectivity index (χ1n) is 2.47. The van der Waals surface area contributed by atoms with Crippen LogP contribution < -0.4 is 135 Å². The quantitative estimate of drug-likeness (QED) is 0.161. The van der Waals surface area contributed by atoms with Gasteiger partial charge in [0.05, 0.1) is 0 Å². The molecule has 0 rings (SSSR count). The molecule has 0 aliphatic rings. The molecule has 22 heteroatoms. The average molecular weight is 889 g/mol. The summed E-state index contributed by atoms with van der Waals surface area (Å²) in [6.45, 7) is 0. The third-order valence-electron chi connectivity index (χ3n) is 0. The Morgan fingerprint density at radius 3 is 0.273 bits per heavy atom. The molecule has 0 atom stereocenters. The summed E-state index contributed by atoms with van der Waals surface area (Å²) in [6, 6.07) is 0. The van der Waals surface area contributed by atoms with Crippen LogP contribution >= 0.6 is 0 Å². The van der Waals surface area contributed by atoms with Gasteiger partial charge in [0.25, 0.3) is 0 Å². The topological polar surface area (TPSA) is 369 Å². The standard InChI is InChI=1S/4IO4.Na.Ru.H/c4*2-1(3,4)5;;;/q4*-1;;+4;. The zero-order valence-corrected chi connectivity index (χ0v) is 18.8. The van der Waals surface area contributed by atoms with Gasteiger partial charge in [-0.1, -0.05) is 0 Å². The van der Waals surface area contributed by atoms with Gasteiger partial charge in [0.1, 0.15) is 80.4 Å². The minimum Gasteiger partial charge on any atom is -0.286 e. The molecule has 22 heavy (non-hydrogen) atoms. The molecular weight excluding hydrogens is 888 g/mol. The van der Waals surface area contributed by atoms with Crippen molar-refractivity contribution >= 4 is 29.6 Å². The number of rotatable bonds is 0. The van der Waals surface area contributed by atoms with Gasteiger partial charge in [-0.2, -0.15) is 0 Å². The van der Waals surface area contributed by atoms with E-state index in [2.05, 4.69) is 0 Å². The molecule has 0 N–H and O–H groups in total. The van der Waals surface area contributed by atoms with E-state index in [0.717, 1.165) is 0 Å². The second kappa shape index (κ2) is 18.3. The van der Waals surface area contributed by atoms with E-state index in [4.69, 9.17) is 55.0 Å². The molecule has 0 fully saturated rings. The third kappa shape index (κ3) is 823. The Morgan fingerprint density at radius 2 is 0.273 bits per heavy atom. The molecule has 0 spiro atoms. The largest absolute Gasteiger partial charge is 4.00 e. The van der Waals surface area contributed by atoms with Crippen LogP contribution in [0.25, 0.3) is 0 Å². The van der Waals surface area contributed by atoms with Crippen LogP contribution in [0.15, 0.2) is 0 Å². The van der Waals surface area contributed by atoms with Gasteiger partial charge >= 0.3 is 49.0 Å². The van der Waals surface area contributed by atoms with Gasteiger partial charge in [-0.25, -0.2) is 0 Å². The molecule has 0 radical (unpaired) electrons. The van der Waals surface area contributed by atoms with Crippen molar-refractivity contribution in [2.24, 2.45) is 0 Å². The van der Waals surface area contributed by atoms with Crippen LogP contribution in [0.3, 0.4) is 0 Å². The van der Waals surface area contributed by atoms with E-state index in [9.17, 15) is 0 Å². The molecule has 0 saturated carbocycles. The van der Waals surface area contributed by atoms with Crippen LogP contribution in [-0.2, 0) is 19.5 Å². The fourth-order valence-electron chi connectivity index (χ4n) is 0. The molecule has 0 aromatic heterocycles. The summed E-state index contributed by atoms with van der Waals surface area (Å²) in [5.74, 6) is 0. The molecule has 0 aliphatic heterocycles. The Bertz CT molecular complexity index is 136. The van der Waals surface area contributed by atoms with E-state index in [-0.39, 0.29) is 49.0 Å². The van der Waals surface area contributed by atoms with Crippen LogP contribution in [0.4, 0.5) is 0 Å². The minimum atomic E-state index is -5.94. The molecule has 0 saturated heterocycles. The molecular formula is HI4NaO16Ru. The smallest absolute Gasteiger partial charge is 0.286 e. The number of halogens is 4. The summed E-state index contributed by atoms with van der Waals surface area (Å²) >= 11 is -23.8. The molecule has 0 unspecified atom stereocenters. The van der Waals surface area contributed by atoms with Crippen LogP contribution in [-0.4, -0.2) is 29.6 Å². The van der Waals surface area contributed by atoms with E-state index in [1.165, 1.54) is 0 Å². The van der Waals surface area contributed by atoms with E-state index >= 15 is 0 Å². The molecule has 0 amide bonds. The first-order chi connectivity index (χ1) is 8.00. The molecule has 0 heterocycles. The maximum atomic E-state index is 8.62. The van der Waals surface area contributed by atoms with Gasteiger partial charge in [-0.15, -0.1) is 0 Å². The molecule has 0 aromatic carbocycles. The summed E-state index contributed by atoms with van der Waals surface area (Å²) in [6.07, 6.45) is 0. The van der Waals surface area contributed by atoms with Crippen molar-refractivity contribution in [3.8, 4) is 0 Å². The van der Waals surface area contributed by atoms with Crippen molar-refractivity contribution in [3.05, 3.63) is 0 Å². The maximum absolute atomic E-state index is 8.62. The zero-order chi connectivity index (χ0) is 18.0. The summed E-state index contributed by atoms with van der Waals surface area (Å²) in [5.41, 5.74) is 0. The first kappa shape index (κ1) is 40.6. The van der Waals surface area contributed by atoms with Crippen LogP contribution in [0.2, 0.25) is 0 Å². The van der Waals surface area contributed by atoms with Gasteiger partial charge in [-0.3, -0.25) is 55.0 Å². The van der Waals surface area contributed by atoms with Crippen molar-refractivity contribution in [2.45, 2.75) is 0 Å². The van der Waals surface area contributed by atoms with Crippen molar-refractivity contribution in [1.29, 1.82) is 0 Å². The van der Waals surface area contributed by atoms with Crippen molar-refractivity contribution in [1.82, 2.24) is 0 Å². The Morgan fingerprint density at radius 1 is 0.273 bits per heavy atom. The van der Waals surface area contributed by atoms with E-state index in [1.54, 1.807) is 0 Å². The SMILES string of the molecule is [NaH].[O-][I+3]([O-])([O-])[O-].[O-][I+3]([O-])([O-])[O-].[O-][I+3]([O-])([O-])[O-].[O-][I+3]([O-])([O-])[O-].[Ru+4]. The van der Waals surface area contributed by atoms with E-state index < -0.39 is 80.4 Å². The number of hydrogen-bond acceptors (Lipinski definition) is 16. The van der Waals surface area contributed by atoms with Crippen LogP contribution in [0, 0.1) is 0 Å². The Kier molecular flexibility index (Phi) is 33.7. The summed E-state index contributed by atoms with van der Waals surface area (Å²) in [4.78, 5) is 0. The van der Waals surface area contributed by atoms with Crippen molar-refractivity contribution < 1.29 is 155 Å². The number of hydrogen-bond donors (Lipinski definition) is 0. The molecule has 0 aromatic rings. The summed E-state index contributed by atoms with van der Waals surface area (Å²) < 4.78 is 138. The Labute approximate surface area is 181 Å². The summed E-state index contributed by atoms with van der Waals surface area (Å²) in [7, 11) is 0. The summed E-state index contributed by atoms with van der Waals surface area (Å²) in [5, 5.41) is 0. The Hall–Kier alpha value is 3.90. The molecule has 0 bridgehead atoms. The monoisotopic (exact) mass is 889 g/mol. The van der Waals surface area contributed by atoms with Gasteiger partial charge in [0.15, 0.2) is 0 Å². The fourth-order valence-corrected chi connectivity index (χ4v) is 0. The fraction of sp³-hybridized carbons (Fsp3) is 0. The Balaban J connectivity index is -0.0000000376. The van der Waals surface area contributed by atoms with Gasteiger partial charge in [-0.05, 0) is 0 Å². The first-order valence-corrected chi connectivity index (χ1v) is 16.6. The van der Waals surface area contributed by atoms with Gasteiger partial charge in [0.2, 0.25) is 0 Å². The molecule has 0 aliphatic carbocycles. The van der Waals surface area contributed by atoms with E-state index in [1.807, 2.05) is 0 Å². The van der Waals surface area contributed by atoms with Gasteiger partial charge in [0, 0.05) is 0 Å². The normalized spacial score (nSPS) is 10.9. The second-order valence-corrected chi connectivity index (χ2v) is 10.1. The predicted octanol–water partition coefficient (Wildman–Crippen LogP) is -31.7. The van der Waals surface area contributed by atoms with Crippen molar-refractivity contribution in [3.63, 3.8) is 0 Å². The second-order valence-electron chi connectivity index (χ2n) is 1.51. The van der Waals surface area contributed by atoms with Crippen LogP contribution in [0.5, 0.6) is 0 Å². The van der Waals surface area contributed by atoms with Gasteiger partial charge < -0.3 is 0 Å². The maximum Gasteiger partial charge on any atom is 4.00 e. The van der Waals surface area contributed by atoms with Crippen molar-refractivity contribution in [2.75, 3.05) is 0 Å². The van der Waals surface area contributed by atoms with Crippen LogP contribution in [0.1, 0.15) is 0 Å². The predicted molar refractivity (Wildman–Crippen MR) is 7.15 cm³/mol.